The zero-order valence-electron chi connectivity index (χ0n) is 10.3. The summed E-state index contributed by atoms with van der Waals surface area (Å²) in [6, 6.07) is 4.78. The maximum absolute atomic E-state index is 10.5. The Labute approximate surface area is 118 Å². The molecule has 0 aromatic carbocycles. The minimum Gasteiger partial charge on any atom is -0.401 e. The van der Waals surface area contributed by atoms with Crippen LogP contribution in [0.2, 0.25) is 0 Å². The normalized spacial score (nSPS) is 15.1. The number of nitro groups is 1. The highest BCUT2D eigenvalue weighted by molar-refractivity contribution is 7.11. The quantitative estimate of drug-likeness (QED) is 0.486. The van der Waals surface area contributed by atoms with Gasteiger partial charge in [-0.3, -0.25) is 10.1 Å². The van der Waals surface area contributed by atoms with Crippen LogP contribution >= 0.6 is 11.3 Å². The van der Waals surface area contributed by atoms with E-state index in [0.29, 0.717) is 16.5 Å². The lowest BCUT2D eigenvalue weighted by Gasteiger charge is -1.91. The van der Waals surface area contributed by atoms with Crippen molar-refractivity contribution in [2.24, 2.45) is 0 Å². The van der Waals surface area contributed by atoms with Crippen molar-refractivity contribution in [3.05, 3.63) is 44.1 Å². The van der Waals surface area contributed by atoms with Crippen LogP contribution in [0.1, 0.15) is 35.2 Å². The van der Waals surface area contributed by atoms with Crippen molar-refractivity contribution < 1.29 is 9.34 Å². The number of nitriles is 1. The summed E-state index contributed by atoms with van der Waals surface area (Å²) in [5, 5.41) is 22.3. The number of nitrogens with zero attached hydrogens (tertiary/aromatic N) is 3. The van der Waals surface area contributed by atoms with E-state index in [1.165, 1.54) is 29.5 Å². The van der Waals surface area contributed by atoms with Crippen LogP contribution in [0.25, 0.3) is 11.6 Å². The first-order valence-corrected chi connectivity index (χ1v) is 6.87. The molecular formula is C13H9N3O3S. The lowest BCUT2D eigenvalue weighted by molar-refractivity contribution is -0.402. The summed E-state index contributed by atoms with van der Waals surface area (Å²) in [6.07, 6.45) is 3.78. The van der Waals surface area contributed by atoms with Crippen LogP contribution in [-0.4, -0.2) is 9.91 Å². The Morgan fingerprint density at radius 1 is 1.60 bits per heavy atom. The Balaban J connectivity index is 1.89. The number of hydrogen-bond donors (Lipinski definition) is 0. The fourth-order valence-corrected chi connectivity index (χ4v) is 2.65. The maximum atomic E-state index is 10.5. The molecule has 2 heterocycles. The van der Waals surface area contributed by atoms with Gasteiger partial charge in [0.05, 0.1) is 17.3 Å². The molecule has 100 valence electrons. The van der Waals surface area contributed by atoms with Crippen molar-refractivity contribution in [3.63, 3.8) is 0 Å². The van der Waals surface area contributed by atoms with Crippen molar-refractivity contribution in [1.29, 1.82) is 5.26 Å². The molecule has 3 rings (SSSR count). The first kappa shape index (κ1) is 12.6. The van der Waals surface area contributed by atoms with E-state index in [4.69, 9.17) is 4.42 Å². The molecule has 0 bridgehead atoms. The van der Waals surface area contributed by atoms with E-state index in [-0.39, 0.29) is 11.6 Å². The topological polar surface area (TPSA) is 93.0 Å². The van der Waals surface area contributed by atoms with Gasteiger partial charge in [0.1, 0.15) is 21.8 Å². The Kier molecular flexibility index (Phi) is 3.08. The van der Waals surface area contributed by atoms with Gasteiger partial charge in [-0.05, 0) is 18.9 Å². The molecule has 0 amide bonds. The molecular weight excluding hydrogens is 278 g/mol. The van der Waals surface area contributed by atoms with Gasteiger partial charge in [-0.1, -0.05) is 0 Å². The average Bonchev–Trinajstić information content (AvgIpc) is 2.99. The van der Waals surface area contributed by atoms with Crippen molar-refractivity contribution in [3.8, 4) is 6.07 Å². The second-order valence-corrected chi connectivity index (χ2v) is 5.31. The van der Waals surface area contributed by atoms with Gasteiger partial charge in [0.2, 0.25) is 0 Å². The van der Waals surface area contributed by atoms with Crippen LogP contribution in [0, 0.1) is 21.4 Å². The number of allylic oxidation sites excluding steroid dienone is 1. The summed E-state index contributed by atoms with van der Waals surface area (Å²) in [4.78, 5) is 14.4. The minimum absolute atomic E-state index is 0.274. The van der Waals surface area contributed by atoms with Crippen LogP contribution in [0.15, 0.2) is 21.9 Å². The molecule has 2 aromatic heterocycles. The molecule has 0 aliphatic heterocycles. The van der Waals surface area contributed by atoms with Gasteiger partial charge < -0.3 is 4.42 Å². The highest BCUT2D eigenvalue weighted by Crippen LogP contribution is 2.41. The number of aromatic nitrogens is 1. The van der Waals surface area contributed by atoms with E-state index in [0.717, 1.165) is 18.5 Å². The van der Waals surface area contributed by atoms with E-state index in [1.807, 2.05) is 5.38 Å². The molecule has 0 unspecified atom stereocenters. The zero-order valence-corrected chi connectivity index (χ0v) is 11.1. The van der Waals surface area contributed by atoms with E-state index < -0.39 is 4.92 Å². The first-order valence-electron chi connectivity index (χ1n) is 5.99. The third kappa shape index (κ3) is 2.46. The second-order valence-electron chi connectivity index (χ2n) is 4.45. The summed E-state index contributed by atoms with van der Waals surface area (Å²) in [5.74, 6) is 0.465. The van der Waals surface area contributed by atoms with Crippen LogP contribution in [0.3, 0.4) is 0 Å². The Morgan fingerprint density at radius 3 is 3.00 bits per heavy atom. The van der Waals surface area contributed by atoms with Crippen molar-refractivity contribution in [2.75, 3.05) is 0 Å². The summed E-state index contributed by atoms with van der Waals surface area (Å²) < 4.78 is 5.02. The van der Waals surface area contributed by atoms with E-state index in [2.05, 4.69) is 11.1 Å². The van der Waals surface area contributed by atoms with Gasteiger partial charge in [0.15, 0.2) is 0 Å². The van der Waals surface area contributed by atoms with E-state index >= 15 is 0 Å². The molecule has 0 spiro atoms. The Morgan fingerprint density at radius 2 is 2.40 bits per heavy atom. The first-order chi connectivity index (χ1) is 9.67. The lowest BCUT2D eigenvalue weighted by Crippen LogP contribution is -1.84. The average molecular weight is 287 g/mol. The van der Waals surface area contributed by atoms with Crippen molar-refractivity contribution in [1.82, 2.24) is 4.98 Å². The number of rotatable bonds is 4. The lowest BCUT2D eigenvalue weighted by atomic mass is 10.2. The number of thiazole rings is 1. The molecule has 0 radical (unpaired) electrons. The van der Waals surface area contributed by atoms with Gasteiger partial charge >= 0.3 is 5.88 Å². The van der Waals surface area contributed by atoms with E-state index in [9.17, 15) is 15.4 Å². The number of hydrogen-bond acceptors (Lipinski definition) is 6. The largest absolute Gasteiger partial charge is 0.433 e. The Bertz CT molecular complexity index is 734. The summed E-state index contributed by atoms with van der Waals surface area (Å²) in [5.41, 5.74) is 1.38. The molecule has 1 aliphatic carbocycles. The van der Waals surface area contributed by atoms with Crippen LogP contribution in [0.5, 0.6) is 0 Å². The fraction of sp³-hybridized carbons (Fsp3) is 0.231. The SMILES string of the molecule is N#C/C(=C/c1ccc([N+](=O)[O-])o1)c1nc(C2CC2)cs1. The molecule has 6 nitrogen and oxygen atoms in total. The molecule has 2 aromatic rings. The predicted molar refractivity (Wildman–Crippen MR) is 72.9 cm³/mol. The highest BCUT2D eigenvalue weighted by atomic mass is 32.1. The standard InChI is InChI=1S/C13H9N3O3S/c14-6-9(5-10-3-4-12(19-10)16(17)18)13-15-11(7-20-13)8-1-2-8/h3-5,7-8H,1-2H2/b9-5-. The van der Waals surface area contributed by atoms with Crippen molar-refractivity contribution in [2.45, 2.75) is 18.8 Å². The minimum atomic E-state index is -0.613. The molecule has 1 fully saturated rings. The number of furan rings is 1. The van der Waals surface area contributed by atoms with Crippen LogP contribution in [0.4, 0.5) is 5.88 Å². The molecule has 7 heteroatoms. The molecule has 20 heavy (non-hydrogen) atoms. The summed E-state index contributed by atoms with van der Waals surface area (Å²) >= 11 is 1.41. The Hall–Kier alpha value is -2.46. The fourth-order valence-electron chi connectivity index (χ4n) is 1.78. The molecule has 0 saturated heterocycles. The molecule has 1 aliphatic rings. The molecule has 0 N–H and O–H groups in total. The van der Waals surface area contributed by atoms with E-state index in [1.54, 1.807) is 0 Å². The van der Waals surface area contributed by atoms with Gasteiger partial charge in [0.25, 0.3) is 0 Å². The van der Waals surface area contributed by atoms with Gasteiger partial charge in [-0.15, -0.1) is 11.3 Å². The zero-order chi connectivity index (χ0) is 14.1. The monoisotopic (exact) mass is 287 g/mol. The summed E-state index contributed by atoms with van der Waals surface area (Å²) in [7, 11) is 0. The third-order valence-electron chi connectivity index (χ3n) is 2.95. The van der Waals surface area contributed by atoms with Crippen LogP contribution < -0.4 is 0 Å². The smallest absolute Gasteiger partial charge is 0.401 e. The second kappa shape index (κ2) is 4.90. The third-order valence-corrected chi connectivity index (χ3v) is 3.84. The molecule has 0 atom stereocenters. The van der Waals surface area contributed by atoms with Crippen LogP contribution in [-0.2, 0) is 0 Å². The highest BCUT2D eigenvalue weighted by Gasteiger charge is 2.26. The van der Waals surface area contributed by atoms with Gasteiger partial charge in [-0.2, -0.15) is 5.26 Å². The predicted octanol–water partition coefficient (Wildman–Crippen LogP) is 3.59. The molecule has 1 saturated carbocycles. The van der Waals surface area contributed by atoms with Gasteiger partial charge in [-0.25, -0.2) is 4.98 Å². The summed E-state index contributed by atoms with van der Waals surface area (Å²) in [6.45, 7) is 0. The van der Waals surface area contributed by atoms with Gasteiger partial charge in [0, 0.05) is 17.4 Å². The van der Waals surface area contributed by atoms with Crippen molar-refractivity contribution >= 4 is 28.9 Å². The maximum Gasteiger partial charge on any atom is 0.433 e.